The van der Waals surface area contributed by atoms with Crippen molar-refractivity contribution in [1.82, 2.24) is 0 Å². The van der Waals surface area contributed by atoms with Crippen molar-refractivity contribution in [3.63, 3.8) is 0 Å². The first kappa shape index (κ1) is 29.7. The third-order valence-electron chi connectivity index (χ3n) is 2.62. The molecule has 0 aliphatic heterocycles. The highest BCUT2D eigenvalue weighted by Crippen LogP contribution is 1.97. The zero-order valence-corrected chi connectivity index (χ0v) is 16.4. The minimum atomic E-state index is -1.00. The average Bonchev–Trinajstić information content (AvgIpc) is 2.56. The number of aliphatic carboxylic acids is 3. The Balaban J connectivity index is -0.000000340. The predicted molar refractivity (Wildman–Crippen MR) is 105 cm³/mol. The largest absolute Gasteiger partial charge is 0.480 e. The van der Waals surface area contributed by atoms with E-state index in [1.165, 1.54) is 6.92 Å². The number of guanidine groups is 1. The molecule has 12 nitrogen and oxygen atoms in total. The van der Waals surface area contributed by atoms with Crippen molar-refractivity contribution in [1.29, 1.82) is 0 Å². The summed E-state index contributed by atoms with van der Waals surface area (Å²) in [5.41, 5.74) is 25.3. The maximum absolute atomic E-state index is 10.2. The summed E-state index contributed by atoms with van der Waals surface area (Å²) in [5.74, 6) is -2.05. The van der Waals surface area contributed by atoms with Crippen LogP contribution in [0.15, 0.2) is 4.99 Å². The molecule has 0 aromatic heterocycles. The number of hydrogen-bond acceptors (Lipinski definition) is 8. The summed E-state index contributed by atoms with van der Waals surface area (Å²) >= 11 is 1.60. The molecule has 0 aromatic carbocycles. The molecule has 0 saturated heterocycles. The summed E-state index contributed by atoms with van der Waals surface area (Å²) in [5, 5.41) is 24.5. The Morgan fingerprint density at radius 1 is 0.926 bits per heavy atom. The van der Waals surface area contributed by atoms with Crippen LogP contribution in [-0.4, -0.2) is 75.9 Å². The van der Waals surface area contributed by atoms with Crippen LogP contribution in [0, 0.1) is 0 Å². The smallest absolute Gasteiger partial charge is 0.320 e. The van der Waals surface area contributed by atoms with Gasteiger partial charge >= 0.3 is 17.9 Å². The molecule has 0 bridgehead atoms. The van der Waals surface area contributed by atoms with Crippen molar-refractivity contribution in [2.75, 3.05) is 18.6 Å². The van der Waals surface area contributed by atoms with Gasteiger partial charge in [0, 0.05) is 6.54 Å². The minimum Gasteiger partial charge on any atom is -0.480 e. The summed E-state index contributed by atoms with van der Waals surface area (Å²) in [6.45, 7) is 1.84. The molecule has 0 heterocycles. The second-order valence-corrected chi connectivity index (χ2v) is 6.23. The molecule has 0 radical (unpaired) electrons. The molecule has 0 aromatic rings. The van der Waals surface area contributed by atoms with Crippen LogP contribution in [0.3, 0.4) is 0 Å². The zero-order valence-electron chi connectivity index (χ0n) is 15.6. The maximum Gasteiger partial charge on any atom is 0.320 e. The summed E-state index contributed by atoms with van der Waals surface area (Å²) in [6.07, 6.45) is 3.43. The molecule has 0 amide bonds. The summed E-state index contributed by atoms with van der Waals surface area (Å²) in [7, 11) is 0. The molecule has 0 aliphatic carbocycles. The van der Waals surface area contributed by atoms with Crippen molar-refractivity contribution >= 4 is 35.6 Å². The number of carbonyl (C=O) groups is 3. The number of rotatable bonds is 10. The average molecular weight is 413 g/mol. The van der Waals surface area contributed by atoms with Gasteiger partial charge in [0.05, 0.1) is 0 Å². The number of nitrogens with two attached hydrogens (primary N) is 5. The summed E-state index contributed by atoms with van der Waals surface area (Å²) in [6, 6.07) is -2.23. The topological polar surface area (TPSA) is 254 Å². The molecule has 3 atom stereocenters. The van der Waals surface area contributed by atoms with Crippen LogP contribution in [0.25, 0.3) is 0 Å². The quantitative estimate of drug-likeness (QED) is 0.110. The highest BCUT2D eigenvalue weighted by Gasteiger charge is 2.09. The van der Waals surface area contributed by atoms with Crippen molar-refractivity contribution in [2.24, 2.45) is 33.7 Å². The van der Waals surface area contributed by atoms with E-state index in [0.717, 1.165) is 5.75 Å². The second-order valence-electron chi connectivity index (χ2n) is 5.25. The standard InChI is InChI=1S/C6H14N4O2.C5H11NO2S.C3H7NO2/c7-4(5(11)12)2-1-3-10-6(8)9;1-9-3-2-4(6)5(7)8;1-2(4)3(5)6/h4H,1-3,7H2,(H,11,12)(H4,8,9,10);4H,2-3,6H2,1H3,(H,7,8);2H,4H2,1H3,(H,5,6). The van der Waals surface area contributed by atoms with E-state index in [1.807, 2.05) is 6.26 Å². The number of thioether (sulfide) groups is 1. The van der Waals surface area contributed by atoms with Crippen LogP contribution in [0.1, 0.15) is 26.2 Å². The number of aliphatic imine (C=N–C) groups is 1. The lowest BCUT2D eigenvalue weighted by Crippen LogP contribution is -2.30. The van der Waals surface area contributed by atoms with Gasteiger partial charge in [-0.2, -0.15) is 11.8 Å². The first-order valence-electron chi connectivity index (χ1n) is 7.86. The first-order chi connectivity index (χ1) is 12.4. The van der Waals surface area contributed by atoms with Gasteiger partial charge in [-0.25, -0.2) is 0 Å². The third kappa shape index (κ3) is 26.3. The van der Waals surface area contributed by atoms with E-state index < -0.39 is 36.0 Å². The van der Waals surface area contributed by atoms with Crippen LogP contribution in [0.2, 0.25) is 0 Å². The van der Waals surface area contributed by atoms with E-state index in [0.29, 0.717) is 25.8 Å². The summed E-state index contributed by atoms with van der Waals surface area (Å²) in [4.78, 5) is 33.5. The van der Waals surface area contributed by atoms with Gasteiger partial charge in [-0.05, 0) is 38.2 Å². The van der Waals surface area contributed by atoms with Crippen LogP contribution in [0.4, 0.5) is 0 Å². The number of nitrogens with zero attached hydrogens (tertiary/aromatic N) is 1. The zero-order chi connectivity index (χ0) is 22.0. The predicted octanol–water partition coefficient (Wildman–Crippen LogP) is -1.98. The second kappa shape index (κ2) is 18.7. The summed E-state index contributed by atoms with van der Waals surface area (Å²) < 4.78 is 0. The Hall–Kier alpha value is -2.09. The molecule has 13 heteroatoms. The van der Waals surface area contributed by atoms with Crippen LogP contribution in [-0.2, 0) is 14.4 Å². The van der Waals surface area contributed by atoms with Crippen molar-refractivity contribution in [3.05, 3.63) is 0 Å². The Morgan fingerprint density at radius 3 is 1.63 bits per heavy atom. The van der Waals surface area contributed by atoms with Gasteiger partial charge in [-0.1, -0.05) is 0 Å². The molecule has 0 rings (SSSR count). The van der Waals surface area contributed by atoms with Gasteiger partial charge in [0.1, 0.15) is 18.1 Å². The first-order valence-corrected chi connectivity index (χ1v) is 9.25. The van der Waals surface area contributed by atoms with Crippen molar-refractivity contribution in [2.45, 2.75) is 44.3 Å². The minimum absolute atomic E-state index is 0.0129. The number of hydrogen-bond donors (Lipinski definition) is 8. The molecule has 160 valence electrons. The highest BCUT2D eigenvalue weighted by molar-refractivity contribution is 7.98. The van der Waals surface area contributed by atoms with Crippen molar-refractivity contribution < 1.29 is 29.7 Å². The lowest BCUT2D eigenvalue weighted by Gasteiger charge is -2.03. The van der Waals surface area contributed by atoms with Gasteiger partial charge in [0.2, 0.25) is 0 Å². The maximum atomic E-state index is 10.2. The van der Waals surface area contributed by atoms with E-state index in [1.54, 1.807) is 11.8 Å². The molecule has 0 spiro atoms. The fourth-order valence-corrected chi connectivity index (χ4v) is 1.50. The Kier molecular flexibility index (Phi) is 20.5. The van der Waals surface area contributed by atoms with Gasteiger partial charge in [0.25, 0.3) is 0 Å². The Bertz CT molecular complexity index is 459. The molecule has 3 unspecified atom stereocenters. The van der Waals surface area contributed by atoms with Crippen LogP contribution < -0.4 is 28.7 Å². The number of carboxylic acids is 3. The normalized spacial score (nSPS) is 12.8. The lowest BCUT2D eigenvalue weighted by molar-refractivity contribution is -0.139. The van der Waals surface area contributed by atoms with E-state index in [9.17, 15) is 14.4 Å². The Morgan fingerprint density at radius 2 is 1.33 bits per heavy atom. The fourth-order valence-electron chi connectivity index (χ4n) is 1.01. The SMILES string of the molecule is CC(N)C(=O)O.CSCCC(N)C(=O)O.NC(N)=NCCCC(N)C(=O)O. The Labute approximate surface area is 162 Å². The van der Waals surface area contributed by atoms with E-state index >= 15 is 0 Å². The highest BCUT2D eigenvalue weighted by atomic mass is 32.2. The van der Waals surface area contributed by atoms with Gasteiger partial charge < -0.3 is 44.0 Å². The lowest BCUT2D eigenvalue weighted by atomic mass is 10.2. The van der Waals surface area contributed by atoms with E-state index in [4.69, 9.17) is 44.0 Å². The third-order valence-corrected chi connectivity index (χ3v) is 3.27. The molecular formula is C14H32N6O6S. The van der Waals surface area contributed by atoms with Crippen LogP contribution >= 0.6 is 11.8 Å². The van der Waals surface area contributed by atoms with Gasteiger partial charge in [0.15, 0.2) is 5.96 Å². The van der Waals surface area contributed by atoms with Gasteiger partial charge in [-0.15, -0.1) is 0 Å². The molecular weight excluding hydrogens is 380 g/mol. The molecule has 13 N–H and O–H groups in total. The molecule has 0 saturated carbocycles. The molecule has 0 aliphatic rings. The fraction of sp³-hybridized carbons (Fsp3) is 0.714. The van der Waals surface area contributed by atoms with E-state index in [-0.39, 0.29) is 5.96 Å². The molecule has 0 fully saturated rings. The van der Waals surface area contributed by atoms with Crippen LogP contribution in [0.5, 0.6) is 0 Å². The van der Waals surface area contributed by atoms with Crippen molar-refractivity contribution in [3.8, 4) is 0 Å². The molecule has 27 heavy (non-hydrogen) atoms. The monoisotopic (exact) mass is 412 g/mol. The number of carboxylic acid groups (broad SMARTS) is 3. The van der Waals surface area contributed by atoms with Gasteiger partial charge in [-0.3, -0.25) is 19.4 Å². The van der Waals surface area contributed by atoms with E-state index in [2.05, 4.69) is 4.99 Å².